The second kappa shape index (κ2) is 8.99. The molecule has 3 aromatic rings. The molecule has 150 valence electrons. The van der Waals surface area contributed by atoms with Crippen molar-refractivity contribution in [1.82, 2.24) is 0 Å². The van der Waals surface area contributed by atoms with Crippen molar-refractivity contribution in [1.29, 1.82) is 0 Å². The van der Waals surface area contributed by atoms with E-state index in [4.69, 9.17) is 27.9 Å². The SMILES string of the molecule is COC(=O)c1ccc(-c2ccccc2)cc1CCS(=O)(=O)c1cc(Cl)cc(Cl)c1. The van der Waals surface area contributed by atoms with E-state index in [1.54, 1.807) is 6.07 Å². The minimum Gasteiger partial charge on any atom is -0.465 e. The second-order valence-electron chi connectivity index (χ2n) is 6.40. The van der Waals surface area contributed by atoms with Crippen LogP contribution in [0.5, 0.6) is 0 Å². The summed E-state index contributed by atoms with van der Waals surface area (Å²) in [5, 5.41) is 0.495. The lowest BCUT2D eigenvalue weighted by atomic mass is 9.98. The lowest BCUT2D eigenvalue weighted by Crippen LogP contribution is -2.13. The number of halogens is 2. The first-order valence-electron chi connectivity index (χ1n) is 8.75. The van der Waals surface area contributed by atoms with Crippen molar-refractivity contribution >= 4 is 39.0 Å². The highest BCUT2D eigenvalue weighted by molar-refractivity contribution is 7.91. The van der Waals surface area contributed by atoms with Gasteiger partial charge in [0.2, 0.25) is 0 Å². The first-order chi connectivity index (χ1) is 13.8. The summed E-state index contributed by atoms with van der Waals surface area (Å²) >= 11 is 11.9. The first-order valence-corrected chi connectivity index (χ1v) is 11.2. The number of sulfone groups is 1. The molecule has 3 rings (SSSR count). The molecule has 3 aromatic carbocycles. The largest absolute Gasteiger partial charge is 0.465 e. The van der Waals surface area contributed by atoms with Crippen LogP contribution >= 0.6 is 23.2 Å². The van der Waals surface area contributed by atoms with Crippen LogP contribution in [0.25, 0.3) is 11.1 Å². The van der Waals surface area contributed by atoms with Gasteiger partial charge in [0.1, 0.15) is 0 Å². The average Bonchev–Trinajstić information content (AvgIpc) is 2.71. The van der Waals surface area contributed by atoms with Crippen molar-refractivity contribution in [3.05, 3.63) is 87.9 Å². The zero-order valence-electron chi connectivity index (χ0n) is 15.6. The summed E-state index contributed by atoms with van der Waals surface area (Å²) in [4.78, 5) is 12.2. The van der Waals surface area contributed by atoms with E-state index in [0.717, 1.165) is 11.1 Å². The van der Waals surface area contributed by atoms with Gasteiger partial charge in [-0.2, -0.15) is 0 Å². The summed E-state index contributed by atoms with van der Waals surface area (Å²) in [5.41, 5.74) is 2.78. The molecule has 29 heavy (non-hydrogen) atoms. The molecule has 0 aliphatic heterocycles. The molecular weight excluding hydrogens is 431 g/mol. The fraction of sp³-hybridized carbons (Fsp3) is 0.136. The number of hydrogen-bond acceptors (Lipinski definition) is 4. The predicted molar refractivity (Wildman–Crippen MR) is 115 cm³/mol. The number of ether oxygens (including phenoxy) is 1. The van der Waals surface area contributed by atoms with E-state index in [0.29, 0.717) is 11.1 Å². The third-order valence-electron chi connectivity index (χ3n) is 4.45. The Kier molecular flexibility index (Phi) is 6.63. The molecular formula is C22H18Cl2O4S. The summed E-state index contributed by atoms with van der Waals surface area (Å²) in [7, 11) is -2.36. The molecule has 0 aliphatic rings. The minimum atomic E-state index is -3.65. The second-order valence-corrected chi connectivity index (χ2v) is 9.39. The Balaban J connectivity index is 1.95. The summed E-state index contributed by atoms with van der Waals surface area (Å²) < 4.78 is 30.4. The molecule has 0 bridgehead atoms. The lowest BCUT2D eigenvalue weighted by molar-refractivity contribution is 0.0599. The molecule has 0 unspecified atom stereocenters. The number of methoxy groups -OCH3 is 1. The standard InChI is InChI=1S/C22H18Cl2O4S/c1-28-22(25)21-8-7-16(15-5-3-2-4-6-15)11-17(21)9-10-29(26,27)20-13-18(23)12-19(24)14-20/h2-8,11-14H,9-10H2,1H3. The van der Waals surface area contributed by atoms with Gasteiger partial charge < -0.3 is 4.74 Å². The fourth-order valence-electron chi connectivity index (χ4n) is 2.99. The molecule has 0 atom stereocenters. The molecule has 7 heteroatoms. The summed E-state index contributed by atoms with van der Waals surface area (Å²) in [6.45, 7) is 0. The summed E-state index contributed by atoms with van der Waals surface area (Å²) in [5.74, 6) is -0.714. The number of carbonyl (C=O) groups is 1. The van der Waals surface area contributed by atoms with Gasteiger partial charge in [-0.05, 0) is 47.4 Å². The molecule has 0 saturated heterocycles. The van der Waals surface area contributed by atoms with E-state index in [9.17, 15) is 13.2 Å². The van der Waals surface area contributed by atoms with Gasteiger partial charge in [0, 0.05) is 10.0 Å². The molecule has 0 amide bonds. The maximum Gasteiger partial charge on any atom is 0.338 e. The van der Waals surface area contributed by atoms with Crippen LogP contribution in [0.3, 0.4) is 0 Å². The number of carbonyl (C=O) groups excluding carboxylic acids is 1. The highest BCUT2D eigenvalue weighted by Gasteiger charge is 2.19. The van der Waals surface area contributed by atoms with Crippen molar-refractivity contribution in [2.45, 2.75) is 11.3 Å². The number of esters is 1. The molecule has 0 fully saturated rings. The molecule has 0 spiro atoms. The van der Waals surface area contributed by atoms with E-state index in [2.05, 4.69) is 0 Å². The highest BCUT2D eigenvalue weighted by Crippen LogP contribution is 2.26. The third-order valence-corrected chi connectivity index (χ3v) is 6.58. The number of benzene rings is 3. The van der Waals surface area contributed by atoms with E-state index < -0.39 is 15.8 Å². The van der Waals surface area contributed by atoms with Gasteiger partial charge in [-0.15, -0.1) is 0 Å². The van der Waals surface area contributed by atoms with Crippen molar-refractivity contribution < 1.29 is 17.9 Å². The van der Waals surface area contributed by atoms with Gasteiger partial charge in [-0.25, -0.2) is 13.2 Å². The van der Waals surface area contributed by atoms with Crippen LogP contribution in [-0.2, 0) is 21.0 Å². The normalized spacial score (nSPS) is 11.3. The molecule has 0 aromatic heterocycles. The van der Waals surface area contributed by atoms with Gasteiger partial charge in [-0.3, -0.25) is 0 Å². The molecule has 0 heterocycles. The van der Waals surface area contributed by atoms with Crippen LogP contribution in [-0.4, -0.2) is 27.2 Å². The monoisotopic (exact) mass is 448 g/mol. The van der Waals surface area contributed by atoms with Gasteiger partial charge in [0.25, 0.3) is 0 Å². The number of hydrogen-bond donors (Lipinski definition) is 0. The van der Waals surface area contributed by atoms with E-state index >= 15 is 0 Å². The van der Waals surface area contributed by atoms with Crippen molar-refractivity contribution in [3.8, 4) is 11.1 Å². The zero-order valence-corrected chi connectivity index (χ0v) is 17.9. The van der Waals surface area contributed by atoms with Crippen molar-refractivity contribution in [2.24, 2.45) is 0 Å². The van der Waals surface area contributed by atoms with Gasteiger partial charge in [-0.1, -0.05) is 65.7 Å². The predicted octanol–water partition coefficient (Wildman–Crippen LogP) is 5.46. The van der Waals surface area contributed by atoms with Crippen molar-refractivity contribution in [2.75, 3.05) is 12.9 Å². The van der Waals surface area contributed by atoms with Crippen molar-refractivity contribution in [3.63, 3.8) is 0 Å². The Morgan fingerprint density at radius 3 is 2.17 bits per heavy atom. The first kappa shape index (κ1) is 21.4. The maximum atomic E-state index is 12.8. The van der Waals surface area contributed by atoms with Gasteiger partial charge >= 0.3 is 5.97 Å². The Labute approximate surface area is 180 Å². The van der Waals surface area contributed by atoms with Crippen LogP contribution in [0.2, 0.25) is 10.0 Å². The average molecular weight is 449 g/mol. The third kappa shape index (κ3) is 5.18. The zero-order chi connectivity index (χ0) is 21.0. The molecule has 0 radical (unpaired) electrons. The van der Waals surface area contributed by atoms with Crippen LogP contribution in [0.4, 0.5) is 0 Å². The lowest BCUT2D eigenvalue weighted by Gasteiger charge is -2.12. The maximum absolute atomic E-state index is 12.8. The Morgan fingerprint density at radius 1 is 0.897 bits per heavy atom. The van der Waals surface area contributed by atoms with Crippen LogP contribution < -0.4 is 0 Å². The molecule has 4 nitrogen and oxygen atoms in total. The Hall–Kier alpha value is -2.34. The van der Waals surface area contributed by atoms with Gasteiger partial charge in [0.15, 0.2) is 9.84 Å². The highest BCUT2D eigenvalue weighted by atomic mass is 35.5. The number of aryl methyl sites for hydroxylation is 1. The van der Waals surface area contributed by atoms with E-state index in [1.165, 1.54) is 25.3 Å². The fourth-order valence-corrected chi connectivity index (χ4v) is 4.98. The minimum absolute atomic E-state index is 0.0498. The summed E-state index contributed by atoms with van der Waals surface area (Å²) in [6, 6.07) is 19.1. The molecule has 0 aliphatic carbocycles. The van der Waals surface area contributed by atoms with Crippen LogP contribution in [0.15, 0.2) is 71.6 Å². The van der Waals surface area contributed by atoms with Crippen LogP contribution in [0, 0.1) is 0 Å². The topological polar surface area (TPSA) is 60.4 Å². The molecule has 0 saturated carbocycles. The Bertz CT molecular complexity index is 1120. The number of rotatable bonds is 6. The van der Waals surface area contributed by atoms with Gasteiger partial charge in [0.05, 0.1) is 23.3 Å². The quantitative estimate of drug-likeness (QED) is 0.469. The van der Waals surface area contributed by atoms with E-state index in [1.807, 2.05) is 42.5 Å². The van der Waals surface area contributed by atoms with E-state index in [-0.39, 0.29) is 27.1 Å². The Morgan fingerprint density at radius 2 is 1.55 bits per heavy atom. The summed E-state index contributed by atoms with van der Waals surface area (Å²) in [6.07, 6.45) is 0.136. The smallest absolute Gasteiger partial charge is 0.338 e. The molecule has 0 N–H and O–H groups in total. The van der Waals surface area contributed by atoms with Crippen LogP contribution in [0.1, 0.15) is 15.9 Å².